The summed E-state index contributed by atoms with van der Waals surface area (Å²) in [7, 11) is 0. The lowest BCUT2D eigenvalue weighted by Crippen LogP contribution is -2.31. The van der Waals surface area contributed by atoms with Crippen LogP contribution in [0.1, 0.15) is 39.5 Å². The summed E-state index contributed by atoms with van der Waals surface area (Å²) < 4.78 is 0. The van der Waals surface area contributed by atoms with E-state index in [0.29, 0.717) is 6.04 Å². The molecule has 1 aromatic carbocycles. The molecule has 0 saturated carbocycles. The zero-order chi connectivity index (χ0) is 13.2. The van der Waals surface area contributed by atoms with Crippen molar-refractivity contribution >= 4 is 23.4 Å². The molecule has 0 aliphatic heterocycles. The van der Waals surface area contributed by atoms with Gasteiger partial charge in [0.15, 0.2) is 0 Å². The van der Waals surface area contributed by atoms with Crippen molar-refractivity contribution in [1.82, 2.24) is 5.32 Å². The summed E-state index contributed by atoms with van der Waals surface area (Å²) >= 11 is 8.03. The lowest BCUT2D eigenvalue weighted by Gasteiger charge is -2.17. The van der Waals surface area contributed by atoms with Gasteiger partial charge in [0.1, 0.15) is 0 Å². The molecule has 0 fully saturated rings. The summed E-state index contributed by atoms with van der Waals surface area (Å²) in [6.45, 7) is 5.47. The topological polar surface area (TPSA) is 12.0 Å². The van der Waals surface area contributed by atoms with Crippen molar-refractivity contribution in [3.63, 3.8) is 0 Å². The van der Waals surface area contributed by atoms with E-state index in [0.717, 1.165) is 17.3 Å². The van der Waals surface area contributed by atoms with Gasteiger partial charge >= 0.3 is 0 Å². The largest absolute Gasteiger partial charge is 0.313 e. The van der Waals surface area contributed by atoms with E-state index in [2.05, 4.69) is 25.2 Å². The van der Waals surface area contributed by atoms with Crippen molar-refractivity contribution in [3.05, 3.63) is 29.3 Å². The zero-order valence-corrected chi connectivity index (χ0v) is 13.0. The SMILES string of the molecule is CCCCCC(CSc1ccccc1Cl)NCC. The van der Waals surface area contributed by atoms with Crippen LogP contribution in [0.25, 0.3) is 0 Å². The minimum atomic E-state index is 0.600. The molecule has 0 radical (unpaired) electrons. The molecule has 1 N–H and O–H groups in total. The molecule has 102 valence electrons. The van der Waals surface area contributed by atoms with Crippen LogP contribution >= 0.6 is 23.4 Å². The van der Waals surface area contributed by atoms with Crippen molar-refractivity contribution < 1.29 is 0 Å². The first-order valence-corrected chi connectivity index (χ1v) is 8.25. The van der Waals surface area contributed by atoms with E-state index >= 15 is 0 Å². The Balaban J connectivity index is 2.39. The second-order valence-corrected chi connectivity index (χ2v) is 5.96. The van der Waals surface area contributed by atoms with E-state index in [1.807, 2.05) is 30.0 Å². The molecule has 0 aliphatic rings. The van der Waals surface area contributed by atoms with Gasteiger partial charge in [-0.15, -0.1) is 11.8 Å². The van der Waals surface area contributed by atoms with Gasteiger partial charge in [-0.2, -0.15) is 0 Å². The van der Waals surface area contributed by atoms with E-state index < -0.39 is 0 Å². The van der Waals surface area contributed by atoms with Gasteiger partial charge in [0.05, 0.1) is 5.02 Å². The highest BCUT2D eigenvalue weighted by Gasteiger charge is 2.08. The summed E-state index contributed by atoms with van der Waals surface area (Å²) in [5.41, 5.74) is 0. The second-order valence-electron chi connectivity index (χ2n) is 4.49. The number of benzene rings is 1. The average molecular weight is 286 g/mol. The smallest absolute Gasteiger partial charge is 0.0541 e. The normalized spacial score (nSPS) is 12.6. The average Bonchev–Trinajstić information content (AvgIpc) is 2.38. The maximum absolute atomic E-state index is 6.17. The minimum Gasteiger partial charge on any atom is -0.313 e. The van der Waals surface area contributed by atoms with Crippen LogP contribution in [0.5, 0.6) is 0 Å². The Morgan fingerprint density at radius 1 is 1.22 bits per heavy atom. The maximum atomic E-state index is 6.17. The lowest BCUT2D eigenvalue weighted by atomic mass is 10.1. The van der Waals surface area contributed by atoms with Crippen molar-refractivity contribution in [2.75, 3.05) is 12.3 Å². The summed E-state index contributed by atoms with van der Waals surface area (Å²) in [4.78, 5) is 1.19. The van der Waals surface area contributed by atoms with Gasteiger partial charge in [-0.3, -0.25) is 0 Å². The first-order valence-electron chi connectivity index (χ1n) is 6.88. The minimum absolute atomic E-state index is 0.600. The third kappa shape index (κ3) is 6.12. The van der Waals surface area contributed by atoms with Gasteiger partial charge in [0, 0.05) is 16.7 Å². The standard InChI is InChI=1S/C15H24ClNS/c1-3-5-6-9-13(17-4-2)12-18-15-11-8-7-10-14(15)16/h7-8,10-11,13,17H,3-6,9,12H2,1-2H3. The summed E-state index contributed by atoms with van der Waals surface area (Å²) in [5, 5.41) is 4.43. The third-order valence-electron chi connectivity index (χ3n) is 2.93. The van der Waals surface area contributed by atoms with E-state index in [9.17, 15) is 0 Å². The number of thioether (sulfide) groups is 1. The molecule has 18 heavy (non-hydrogen) atoms. The van der Waals surface area contributed by atoms with Crippen LogP contribution in [0, 0.1) is 0 Å². The van der Waals surface area contributed by atoms with Gasteiger partial charge in [-0.1, -0.05) is 56.8 Å². The predicted molar refractivity (Wildman–Crippen MR) is 83.8 cm³/mol. The van der Waals surface area contributed by atoms with Gasteiger partial charge in [-0.05, 0) is 25.1 Å². The van der Waals surface area contributed by atoms with Crippen LogP contribution in [0.15, 0.2) is 29.2 Å². The number of rotatable bonds is 9. The predicted octanol–water partition coefficient (Wildman–Crippen LogP) is 4.99. The van der Waals surface area contributed by atoms with Crippen LogP contribution in [0.4, 0.5) is 0 Å². The highest BCUT2D eigenvalue weighted by Crippen LogP contribution is 2.27. The first kappa shape index (κ1) is 15.9. The van der Waals surface area contributed by atoms with Crippen molar-refractivity contribution in [3.8, 4) is 0 Å². The van der Waals surface area contributed by atoms with E-state index in [1.165, 1.54) is 30.6 Å². The van der Waals surface area contributed by atoms with E-state index in [4.69, 9.17) is 11.6 Å². The fourth-order valence-corrected chi connectivity index (χ4v) is 3.27. The van der Waals surface area contributed by atoms with Crippen molar-refractivity contribution in [2.24, 2.45) is 0 Å². The van der Waals surface area contributed by atoms with Crippen molar-refractivity contribution in [1.29, 1.82) is 0 Å². The molecule has 0 aliphatic carbocycles. The highest BCUT2D eigenvalue weighted by atomic mass is 35.5. The van der Waals surface area contributed by atoms with Crippen molar-refractivity contribution in [2.45, 2.75) is 50.5 Å². The molecular formula is C15H24ClNS. The lowest BCUT2D eigenvalue weighted by molar-refractivity contribution is 0.506. The number of hydrogen-bond acceptors (Lipinski definition) is 2. The Kier molecular flexibility index (Phi) is 8.57. The fourth-order valence-electron chi connectivity index (χ4n) is 1.93. The molecule has 1 unspecified atom stereocenters. The molecule has 0 bridgehead atoms. The molecule has 0 aromatic heterocycles. The Morgan fingerprint density at radius 3 is 2.67 bits per heavy atom. The number of halogens is 1. The van der Waals surface area contributed by atoms with Gasteiger partial charge in [0.25, 0.3) is 0 Å². The molecule has 0 spiro atoms. The maximum Gasteiger partial charge on any atom is 0.0541 e. The van der Waals surface area contributed by atoms with Gasteiger partial charge in [-0.25, -0.2) is 0 Å². The molecule has 1 nitrogen and oxygen atoms in total. The Bertz CT molecular complexity index is 330. The molecule has 1 atom stereocenters. The summed E-state index contributed by atoms with van der Waals surface area (Å²) in [6.07, 6.45) is 5.20. The van der Waals surface area contributed by atoms with Crippen LogP contribution in [0.3, 0.4) is 0 Å². The van der Waals surface area contributed by atoms with Crippen LogP contribution in [-0.4, -0.2) is 18.3 Å². The first-order chi connectivity index (χ1) is 8.77. The fraction of sp³-hybridized carbons (Fsp3) is 0.600. The van der Waals surface area contributed by atoms with Crippen LogP contribution in [-0.2, 0) is 0 Å². The molecular weight excluding hydrogens is 262 g/mol. The molecule has 3 heteroatoms. The van der Waals surface area contributed by atoms with Gasteiger partial charge in [0.2, 0.25) is 0 Å². The van der Waals surface area contributed by atoms with E-state index in [1.54, 1.807) is 0 Å². The Hall–Kier alpha value is -0.180. The van der Waals surface area contributed by atoms with E-state index in [-0.39, 0.29) is 0 Å². The molecule has 0 saturated heterocycles. The summed E-state index contributed by atoms with van der Waals surface area (Å²) in [6, 6.07) is 8.69. The van der Waals surface area contributed by atoms with Crippen LogP contribution in [0.2, 0.25) is 5.02 Å². The molecule has 1 aromatic rings. The monoisotopic (exact) mass is 285 g/mol. The zero-order valence-electron chi connectivity index (χ0n) is 11.4. The Labute approximate surface area is 121 Å². The number of hydrogen-bond donors (Lipinski definition) is 1. The quantitative estimate of drug-likeness (QED) is 0.507. The second kappa shape index (κ2) is 9.71. The Morgan fingerprint density at radius 2 is 2.00 bits per heavy atom. The molecule has 1 rings (SSSR count). The third-order valence-corrected chi connectivity index (χ3v) is 4.60. The van der Waals surface area contributed by atoms with Gasteiger partial charge < -0.3 is 5.32 Å². The molecule has 0 heterocycles. The number of nitrogens with one attached hydrogen (secondary N) is 1. The summed E-state index contributed by atoms with van der Waals surface area (Å²) in [5.74, 6) is 1.10. The van der Waals surface area contributed by atoms with Crippen LogP contribution < -0.4 is 5.32 Å². The molecule has 0 amide bonds. The highest BCUT2D eigenvalue weighted by molar-refractivity contribution is 7.99. The number of unbranched alkanes of at least 4 members (excludes halogenated alkanes) is 2.